The molecule has 9 aromatic carbocycles. The Morgan fingerprint density at radius 3 is 1.74 bits per heavy atom. The Hall–Kier alpha value is -6.96. The van der Waals surface area contributed by atoms with Crippen molar-refractivity contribution in [1.29, 1.82) is 0 Å². The standard InChI is InChI=1S/C64H57N/c1-63(2,3)49-39-41-51(44-22-8-5-9-23-44)61(43-49)65(60-37-19-16-32-55(60)56-34-21-27-46-26-20-33-52(62(46)56)45-24-10-6-11-25-45)59-36-18-15-30-50(59)47-38-40-54-53-31-14-17-35-57(53)64(4,58(54)42-47)48-28-12-7-13-29-48/h5,7-9,12-23,26-43,45H,6,10-11,24-25H2,1-4H3. The fourth-order valence-corrected chi connectivity index (χ4v) is 11.3. The molecule has 0 spiro atoms. The van der Waals surface area contributed by atoms with Crippen LogP contribution < -0.4 is 4.90 Å². The minimum absolute atomic E-state index is 0.0733. The van der Waals surface area contributed by atoms with Crippen LogP contribution in [0.15, 0.2) is 206 Å². The van der Waals surface area contributed by atoms with Gasteiger partial charge in [0.05, 0.1) is 17.1 Å². The Morgan fingerprint density at radius 1 is 0.431 bits per heavy atom. The summed E-state index contributed by atoms with van der Waals surface area (Å²) >= 11 is 0. The maximum atomic E-state index is 2.60. The Kier molecular flexibility index (Phi) is 10.4. The van der Waals surface area contributed by atoms with Crippen molar-refractivity contribution in [3.63, 3.8) is 0 Å². The Morgan fingerprint density at radius 2 is 1.00 bits per heavy atom. The summed E-state index contributed by atoms with van der Waals surface area (Å²) in [7, 11) is 0. The lowest BCUT2D eigenvalue weighted by atomic mass is 9.74. The zero-order valence-electron chi connectivity index (χ0n) is 38.2. The van der Waals surface area contributed by atoms with E-state index in [1.54, 1.807) is 0 Å². The lowest BCUT2D eigenvalue weighted by Crippen LogP contribution is -2.22. The lowest BCUT2D eigenvalue weighted by molar-refractivity contribution is 0.445. The SMILES string of the molecule is CC(C)(C)c1ccc(-c2ccccc2)c(N(c2ccccc2-c2ccc3c(c2)C(C)(c2ccccc2)c2ccccc2-3)c2ccccc2-c2cccc3cccc(C4CCCCC4)c23)c1. The van der Waals surface area contributed by atoms with Crippen LogP contribution >= 0.6 is 0 Å². The van der Waals surface area contributed by atoms with E-state index < -0.39 is 0 Å². The molecule has 2 aliphatic carbocycles. The van der Waals surface area contributed by atoms with E-state index in [1.807, 2.05) is 0 Å². The number of hydrogen-bond donors (Lipinski definition) is 0. The van der Waals surface area contributed by atoms with Crippen LogP contribution in [0.4, 0.5) is 17.1 Å². The van der Waals surface area contributed by atoms with Gasteiger partial charge in [-0.15, -0.1) is 0 Å². The molecule has 0 N–H and O–H groups in total. The van der Waals surface area contributed by atoms with Gasteiger partial charge in [0, 0.05) is 22.1 Å². The Labute approximate surface area is 386 Å². The number of anilines is 3. The average molecular weight is 840 g/mol. The van der Waals surface area contributed by atoms with E-state index in [4.69, 9.17) is 0 Å². The molecule has 0 saturated heterocycles. The summed E-state index contributed by atoms with van der Waals surface area (Å²) in [6.07, 6.45) is 6.45. The summed E-state index contributed by atoms with van der Waals surface area (Å²) in [6, 6.07) is 77.8. The van der Waals surface area contributed by atoms with Gasteiger partial charge in [-0.3, -0.25) is 0 Å². The molecule has 1 nitrogen and oxygen atoms in total. The quantitative estimate of drug-likeness (QED) is 0.147. The molecule has 1 atom stereocenters. The molecule has 0 heterocycles. The van der Waals surface area contributed by atoms with E-state index in [2.05, 4.69) is 239 Å². The largest absolute Gasteiger partial charge is 0.309 e. The van der Waals surface area contributed by atoms with Crippen molar-refractivity contribution in [2.75, 3.05) is 4.90 Å². The number of nitrogens with zero attached hydrogens (tertiary/aromatic N) is 1. The summed E-state index contributed by atoms with van der Waals surface area (Å²) < 4.78 is 0. The van der Waals surface area contributed by atoms with Gasteiger partial charge in [-0.1, -0.05) is 222 Å². The van der Waals surface area contributed by atoms with E-state index in [1.165, 1.54) is 121 Å². The highest BCUT2D eigenvalue weighted by molar-refractivity contribution is 6.05. The maximum absolute atomic E-state index is 2.60. The third kappa shape index (κ3) is 7.10. The van der Waals surface area contributed by atoms with Crippen LogP contribution in [0.2, 0.25) is 0 Å². The molecule has 11 rings (SSSR count). The molecule has 0 amide bonds. The van der Waals surface area contributed by atoms with Gasteiger partial charge < -0.3 is 4.90 Å². The molecule has 9 aromatic rings. The second-order valence-electron chi connectivity index (χ2n) is 19.6. The van der Waals surface area contributed by atoms with Crippen LogP contribution in [0.5, 0.6) is 0 Å². The molecule has 318 valence electrons. The van der Waals surface area contributed by atoms with Crippen molar-refractivity contribution in [3.8, 4) is 44.5 Å². The molecule has 1 unspecified atom stereocenters. The molecular formula is C64H57N. The highest BCUT2D eigenvalue weighted by Crippen LogP contribution is 2.55. The summed E-state index contributed by atoms with van der Waals surface area (Å²) in [5.74, 6) is 0.568. The van der Waals surface area contributed by atoms with Crippen molar-refractivity contribution in [3.05, 3.63) is 234 Å². The van der Waals surface area contributed by atoms with E-state index in [9.17, 15) is 0 Å². The van der Waals surface area contributed by atoms with E-state index >= 15 is 0 Å². The first-order chi connectivity index (χ1) is 31.8. The second-order valence-corrected chi connectivity index (χ2v) is 19.6. The van der Waals surface area contributed by atoms with Gasteiger partial charge in [-0.2, -0.15) is 0 Å². The molecule has 65 heavy (non-hydrogen) atoms. The first-order valence-electron chi connectivity index (χ1n) is 23.8. The molecule has 1 fully saturated rings. The number of fused-ring (bicyclic) bond motifs is 4. The molecule has 1 heteroatoms. The fourth-order valence-electron chi connectivity index (χ4n) is 11.3. The molecule has 0 aliphatic heterocycles. The van der Waals surface area contributed by atoms with Gasteiger partial charge in [0.25, 0.3) is 0 Å². The van der Waals surface area contributed by atoms with E-state index in [-0.39, 0.29) is 10.8 Å². The highest BCUT2D eigenvalue weighted by Gasteiger charge is 2.41. The average Bonchev–Trinajstić information content (AvgIpc) is 3.62. The van der Waals surface area contributed by atoms with Crippen molar-refractivity contribution in [2.45, 2.75) is 76.5 Å². The molecule has 0 aromatic heterocycles. The van der Waals surface area contributed by atoms with Crippen molar-refractivity contribution in [2.24, 2.45) is 0 Å². The minimum Gasteiger partial charge on any atom is -0.309 e. The van der Waals surface area contributed by atoms with E-state index in [0.717, 1.165) is 11.4 Å². The van der Waals surface area contributed by atoms with Gasteiger partial charge in [0.1, 0.15) is 0 Å². The predicted octanol–water partition coefficient (Wildman–Crippen LogP) is 18.0. The zero-order chi connectivity index (χ0) is 44.1. The number of rotatable bonds is 8. The van der Waals surface area contributed by atoms with Crippen molar-refractivity contribution >= 4 is 27.8 Å². The van der Waals surface area contributed by atoms with Crippen molar-refractivity contribution in [1.82, 2.24) is 0 Å². The summed E-state index contributed by atoms with van der Waals surface area (Å²) in [4.78, 5) is 2.60. The number of para-hydroxylation sites is 2. The first kappa shape index (κ1) is 40.8. The molecule has 1 saturated carbocycles. The van der Waals surface area contributed by atoms with Crippen LogP contribution in [0.3, 0.4) is 0 Å². The van der Waals surface area contributed by atoms with Crippen LogP contribution in [0, 0.1) is 0 Å². The predicted molar refractivity (Wildman–Crippen MR) is 277 cm³/mol. The molecule has 2 aliphatic rings. The van der Waals surface area contributed by atoms with Crippen LogP contribution in [0.1, 0.15) is 93.5 Å². The maximum Gasteiger partial charge on any atom is 0.0543 e. The monoisotopic (exact) mass is 839 g/mol. The third-order valence-electron chi connectivity index (χ3n) is 14.7. The Bertz CT molecular complexity index is 3180. The normalized spacial score (nSPS) is 16.0. The van der Waals surface area contributed by atoms with E-state index in [0.29, 0.717) is 5.92 Å². The third-order valence-corrected chi connectivity index (χ3v) is 14.7. The number of hydrogen-bond acceptors (Lipinski definition) is 1. The molecule has 0 radical (unpaired) electrons. The topological polar surface area (TPSA) is 3.24 Å². The number of benzene rings is 9. The molecular weight excluding hydrogens is 783 g/mol. The summed E-state index contributed by atoms with van der Waals surface area (Å²) in [5, 5.41) is 2.71. The highest BCUT2D eigenvalue weighted by atomic mass is 15.2. The lowest BCUT2D eigenvalue weighted by Gasteiger charge is -2.34. The van der Waals surface area contributed by atoms with Crippen molar-refractivity contribution < 1.29 is 0 Å². The summed E-state index contributed by atoms with van der Waals surface area (Å²) in [6.45, 7) is 9.41. The fraction of sp³-hybridized carbons (Fsp3) is 0.188. The second kappa shape index (κ2) is 16.5. The van der Waals surface area contributed by atoms with Gasteiger partial charge in [0.2, 0.25) is 0 Å². The van der Waals surface area contributed by atoms with Gasteiger partial charge in [0.15, 0.2) is 0 Å². The summed E-state index contributed by atoms with van der Waals surface area (Å²) in [5.41, 5.74) is 19.8. The zero-order valence-corrected chi connectivity index (χ0v) is 38.2. The van der Waals surface area contributed by atoms with Gasteiger partial charge in [-0.25, -0.2) is 0 Å². The van der Waals surface area contributed by atoms with Crippen LogP contribution in [0.25, 0.3) is 55.3 Å². The minimum atomic E-state index is -0.309. The van der Waals surface area contributed by atoms with Crippen LogP contribution in [-0.2, 0) is 10.8 Å². The van der Waals surface area contributed by atoms with Gasteiger partial charge >= 0.3 is 0 Å². The molecule has 0 bridgehead atoms. The van der Waals surface area contributed by atoms with Crippen LogP contribution in [-0.4, -0.2) is 0 Å². The smallest absolute Gasteiger partial charge is 0.0543 e. The first-order valence-corrected chi connectivity index (χ1v) is 23.8. The Balaban J connectivity index is 1.19. The van der Waals surface area contributed by atoms with Gasteiger partial charge in [-0.05, 0) is 122 Å².